The van der Waals surface area contributed by atoms with Crippen LogP contribution in [0.2, 0.25) is 0 Å². The number of carbonyl (C=O) groups excluding carboxylic acids is 3. The first-order valence-corrected chi connectivity index (χ1v) is 14.0. The number of Topliss-reactive ketones (excluding diaryl/α,β-unsaturated/α-hetero) is 3. The second-order valence-electron chi connectivity index (χ2n) is 13.0. The molecule has 0 heterocycles. The Balaban J connectivity index is 1.59. The van der Waals surface area contributed by atoms with E-state index < -0.39 is 51.0 Å². The van der Waals surface area contributed by atoms with Crippen LogP contribution in [0.25, 0.3) is 11.6 Å². The molecule has 0 radical (unpaired) electrons. The number of hydrogen-bond acceptors (Lipinski definition) is 7. The fourth-order valence-electron chi connectivity index (χ4n) is 8.49. The van der Waals surface area contributed by atoms with Gasteiger partial charge in [-0.2, -0.15) is 0 Å². The highest BCUT2D eigenvalue weighted by molar-refractivity contribution is 6.25. The van der Waals surface area contributed by atoms with E-state index >= 15 is 0 Å². The molecule has 0 spiro atoms. The van der Waals surface area contributed by atoms with Crippen LogP contribution in [-0.4, -0.2) is 43.4 Å². The zero-order chi connectivity index (χ0) is 29.8. The van der Waals surface area contributed by atoms with Gasteiger partial charge < -0.3 is 20.4 Å². The van der Waals surface area contributed by atoms with E-state index in [4.69, 9.17) is 0 Å². The van der Waals surface area contributed by atoms with Crippen molar-refractivity contribution in [2.24, 2.45) is 22.7 Å². The molecule has 0 aromatic heterocycles. The maximum atomic E-state index is 14.2. The average molecular weight is 555 g/mol. The van der Waals surface area contributed by atoms with E-state index in [1.165, 1.54) is 6.07 Å². The molecule has 41 heavy (non-hydrogen) atoms. The van der Waals surface area contributed by atoms with Crippen molar-refractivity contribution in [2.45, 2.75) is 59.5 Å². The van der Waals surface area contributed by atoms with E-state index in [2.05, 4.69) is 12.1 Å². The molecular weight excluding hydrogens is 520 g/mol. The number of carbonyl (C=O) groups is 3. The molecule has 6 rings (SSSR count). The van der Waals surface area contributed by atoms with E-state index in [1.807, 2.05) is 45.0 Å². The lowest BCUT2D eigenvalue weighted by Gasteiger charge is -2.59. The summed E-state index contributed by atoms with van der Waals surface area (Å²) in [6, 6.07) is 11.3. The number of fused-ring (bicyclic) bond motifs is 4. The van der Waals surface area contributed by atoms with Crippen molar-refractivity contribution in [3.63, 3.8) is 0 Å². The molecule has 0 fully saturated rings. The highest BCUT2D eigenvalue weighted by Crippen LogP contribution is 2.65. The van der Waals surface area contributed by atoms with Gasteiger partial charge in [0.25, 0.3) is 0 Å². The van der Waals surface area contributed by atoms with E-state index in [0.717, 1.165) is 29.2 Å². The van der Waals surface area contributed by atoms with Crippen molar-refractivity contribution in [3.05, 3.63) is 86.9 Å². The molecule has 4 aliphatic carbocycles. The fraction of sp³-hybridized carbons (Fsp3) is 0.382. The van der Waals surface area contributed by atoms with Gasteiger partial charge in [0.2, 0.25) is 5.78 Å². The zero-order valence-corrected chi connectivity index (χ0v) is 23.8. The number of aromatic hydroxyl groups is 1. The third-order valence-corrected chi connectivity index (χ3v) is 10.0. The summed E-state index contributed by atoms with van der Waals surface area (Å²) in [5.41, 5.74) is -1.02. The quantitative estimate of drug-likeness (QED) is 0.371. The minimum Gasteiger partial charge on any atom is -0.511 e. The third kappa shape index (κ3) is 3.32. The molecular formula is C34H34O7. The van der Waals surface area contributed by atoms with Gasteiger partial charge >= 0.3 is 0 Å². The molecule has 4 aliphatic rings. The first-order chi connectivity index (χ1) is 19.2. The average Bonchev–Trinajstić information content (AvgIpc) is 3.30. The second kappa shape index (κ2) is 8.52. The molecule has 212 valence electrons. The highest BCUT2D eigenvalue weighted by atomic mass is 16.3. The van der Waals surface area contributed by atoms with Crippen molar-refractivity contribution in [2.75, 3.05) is 0 Å². The number of benzene rings is 2. The molecule has 7 heteroatoms. The standard InChI is InChI=1S/C34H34O7/c1-16(2)26-28(37)24(17(3)35)30(39)34(41)31(40)27-29(38)25-22(14-32(27,4)15-33(26,34)5)21(10-11-23(25)36)20-12-18-8-6-7-9-19(18)13-20/h6-12,16,26,36-37,40-41H,13-15H2,1-5H3/t26?,32-,33-,34+/m1/s1. The molecule has 0 bridgehead atoms. The van der Waals surface area contributed by atoms with E-state index in [-0.39, 0.29) is 41.4 Å². The number of aliphatic hydroxyl groups excluding tert-OH is 2. The van der Waals surface area contributed by atoms with Crippen LogP contribution in [0.3, 0.4) is 0 Å². The smallest absolute Gasteiger partial charge is 0.209 e. The molecule has 1 unspecified atom stereocenters. The second-order valence-corrected chi connectivity index (χ2v) is 13.0. The molecule has 0 saturated heterocycles. The topological polar surface area (TPSA) is 132 Å². The molecule has 0 saturated carbocycles. The van der Waals surface area contributed by atoms with Crippen LogP contribution in [0.4, 0.5) is 0 Å². The number of rotatable bonds is 3. The number of phenols is 1. The number of phenolic OH excluding ortho intramolecular Hbond substituents is 1. The van der Waals surface area contributed by atoms with Crippen molar-refractivity contribution < 1.29 is 34.8 Å². The van der Waals surface area contributed by atoms with Gasteiger partial charge in [-0.05, 0) is 66.0 Å². The summed E-state index contributed by atoms with van der Waals surface area (Å²) in [4.78, 5) is 40.6. The molecule has 4 N–H and O–H groups in total. The van der Waals surface area contributed by atoms with Gasteiger partial charge in [0.15, 0.2) is 17.2 Å². The Labute approximate surface area is 238 Å². The number of aliphatic hydroxyl groups is 3. The highest BCUT2D eigenvalue weighted by Gasteiger charge is 2.71. The Morgan fingerprint density at radius 3 is 2.34 bits per heavy atom. The normalized spacial score (nSPS) is 30.6. The molecule has 0 aliphatic heterocycles. The molecule has 0 amide bonds. The number of allylic oxidation sites excluding steroid dienone is 3. The molecule has 7 nitrogen and oxygen atoms in total. The molecule has 4 atom stereocenters. The first-order valence-electron chi connectivity index (χ1n) is 14.0. The summed E-state index contributed by atoms with van der Waals surface area (Å²) in [6.07, 6.45) is 3.07. The van der Waals surface area contributed by atoms with Gasteiger partial charge in [-0.25, -0.2) is 0 Å². The SMILES string of the molecule is CC(=O)C1=C(O)C(C(C)C)[C@@]2(C)C[C@@]3(C)Cc4c(C5=Cc6ccccc6C5)ccc(O)c4C(=O)C3=C(O)[C@@]2(O)C1=O. The molecule has 2 aromatic carbocycles. The van der Waals surface area contributed by atoms with Crippen LogP contribution in [-0.2, 0) is 22.4 Å². The van der Waals surface area contributed by atoms with E-state index in [9.17, 15) is 34.8 Å². The van der Waals surface area contributed by atoms with Gasteiger partial charge in [0.1, 0.15) is 22.8 Å². The van der Waals surface area contributed by atoms with E-state index in [1.54, 1.807) is 6.92 Å². The lowest BCUT2D eigenvalue weighted by molar-refractivity contribution is -0.171. The van der Waals surface area contributed by atoms with Crippen LogP contribution >= 0.6 is 0 Å². The van der Waals surface area contributed by atoms with Crippen LogP contribution in [0.15, 0.2) is 59.1 Å². The minimum atomic E-state index is -2.61. The maximum Gasteiger partial charge on any atom is 0.209 e. The Kier molecular flexibility index (Phi) is 5.66. The Morgan fingerprint density at radius 2 is 1.71 bits per heavy atom. The third-order valence-electron chi connectivity index (χ3n) is 10.0. The van der Waals surface area contributed by atoms with Crippen LogP contribution in [0.1, 0.15) is 73.7 Å². The van der Waals surface area contributed by atoms with Gasteiger partial charge in [-0.15, -0.1) is 0 Å². The van der Waals surface area contributed by atoms with Gasteiger partial charge in [0, 0.05) is 22.3 Å². The lowest BCUT2D eigenvalue weighted by Crippen LogP contribution is -2.67. The lowest BCUT2D eigenvalue weighted by atomic mass is 9.44. The fourth-order valence-corrected chi connectivity index (χ4v) is 8.49. The predicted octanol–water partition coefficient (Wildman–Crippen LogP) is 5.44. The summed E-state index contributed by atoms with van der Waals surface area (Å²) in [7, 11) is 0. The zero-order valence-electron chi connectivity index (χ0n) is 23.8. The van der Waals surface area contributed by atoms with E-state index in [0.29, 0.717) is 12.0 Å². The Morgan fingerprint density at radius 1 is 1.02 bits per heavy atom. The van der Waals surface area contributed by atoms with Gasteiger partial charge in [0.05, 0.1) is 5.56 Å². The van der Waals surface area contributed by atoms with Crippen molar-refractivity contribution in [3.8, 4) is 5.75 Å². The summed E-state index contributed by atoms with van der Waals surface area (Å²) in [5, 5.41) is 46.2. The van der Waals surface area contributed by atoms with Crippen LogP contribution < -0.4 is 0 Å². The van der Waals surface area contributed by atoms with Crippen molar-refractivity contribution in [1.29, 1.82) is 0 Å². The number of hydrogen-bond donors (Lipinski definition) is 4. The van der Waals surface area contributed by atoms with Crippen molar-refractivity contribution in [1.82, 2.24) is 0 Å². The summed E-state index contributed by atoms with van der Waals surface area (Å²) < 4.78 is 0. The largest absolute Gasteiger partial charge is 0.511 e. The summed E-state index contributed by atoms with van der Waals surface area (Å²) in [5.74, 6) is -5.11. The molecule has 2 aromatic rings. The van der Waals surface area contributed by atoms with Gasteiger partial charge in [-0.3, -0.25) is 14.4 Å². The predicted molar refractivity (Wildman–Crippen MR) is 153 cm³/mol. The van der Waals surface area contributed by atoms with Crippen LogP contribution in [0.5, 0.6) is 5.75 Å². The summed E-state index contributed by atoms with van der Waals surface area (Å²) >= 11 is 0. The first kappa shape index (κ1) is 27.2. The monoisotopic (exact) mass is 554 g/mol. The van der Waals surface area contributed by atoms with Crippen LogP contribution in [0, 0.1) is 22.7 Å². The minimum absolute atomic E-state index is 0.0411. The van der Waals surface area contributed by atoms with Crippen molar-refractivity contribution >= 4 is 29.0 Å². The number of ketones is 3. The van der Waals surface area contributed by atoms with Gasteiger partial charge in [-0.1, -0.05) is 64.1 Å². The Hall–Kier alpha value is -3.97. The maximum absolute atomic E-state index is 14.2. The summed E-state index contributed by atoms with van der Waals surface area (Å²) in [6.45, 7) is 8.22. The Bertz CT molecular complexity index is 1690.